The van der Waals surface area contributed by atoms with E-state index >= 15 is 0 Å². The highest BCUT2D eigenvalue weighted by Gasteiger charge is 2.27. The molecule has 2 aliphatic rings. The van der Waals surface area contributed by atoms with E-state index in [1.165, 1.54) is 12.3 Å². The highest BCUT2D eigenvalue weighted by Crippen LogP contribution is 2.25. The second kappa shape index (κ2) is 8.08. The van der Waals surface area contributed by atoms with Crippen LogP contribution in [-0.2, 0) is 12.8 Å². The van der Waals surface area contributed by atoms with E-state index in [9.17, 15) is 14.0 Å². The molecule has 2 N–H and O–H groups in total. The number of aromatic amines is 1. The van der Waals surface area contributed by atoms with Crippen molar-refractivity contribution in [1.29, 1.82) is 0 Å². The van der Waals surface area contributed by atoms with E-state index in [0.717, 1.165) is 56.0 Å². The summed E-state index contributed by atoms with van der Waals surface area (Å²) in [5.74, 6) is 0.132. The zero-order valence-electron chi connectivity index (χ0n) is 15.7. The van der Waals surface area contributed by atoms with Gasteiger partial charge >= 0.3 is 0 Å². The van der Waals surface area contributed by atoms with Gasteiger partial charge in [0.15, 0.2) is 0 Å². The number of fused-ring (bicyclic) bond motifs is 1. The van der Waals surface area contributed by atoms with Crippen molar-refractivity contribution in [2.45, 2.75) is 38.5 Å². The van der Waals surface area contributed by atoms with Gasteiger partial charge in [0, 0.05) is 37.0 Å². The van der Waals surface area contributed by atoms with Gasteiger partial charge in [-0.1, -0.05) is 0 Å². The minimum Gasteiger partial charge on any atom is -0.368 e. The summed E-state index contributed by atoms with van der Waals surface area (Å²) in [6, 6.07) is 1.46. The fraction of sp³-hybridized carbons (Fsp3) is 0.500. The number of anilines is 1. The van der Waals surface area contributed by atoms with Crippen molar-refractivity contribution in [3.05, 3.63) is 51.6 Å². The first kappa shape index (κ1) is 18.6. The largest absolute Gasteiger partial charge is 0.368 e. The highest BCUT2D eigenvalue weighted by molar-refractivity contribution is 5.96. The van der Waals surface area contributed by atoms with E-state index in [0.29, 0.717) is 31.0 Å². The molecule has 0 radical (unpaired) electrons. The monoisotopic (exact) mass is 385 g/mol. The number of aryl methyl sites for hydroxylation is 1. The van der Waals surface area contributed by atoms with Crippen molar-refractivity contribution in [1.82, 2.24) is 19.9 Å². The van der Waals surface area contributed by atoms with Crippen molar-refractivity contribution >= 4 is 11.7 Å². The quantitative estimate of drug-likeness (QED) is 0.842. The summed E-state index contributed by atoms with van der Waals surface area (Å²) >= 11 is 0. The molecule has 2 aromatic heterocycles. The number of pyridine rings is 1. The van der Waals surface area contributed by atoms with Crippen molar-refractivity contribution in [3.8, 4) is 0 Å². The standard InChI is InChI=1S/C20H24FN5O2/c21-17-10-24-18(11-22-17)23-9-13-4-3-7-26(12-13)20(28)15-8-19(27)25-16-6-2-1-5-14(15)16/h8,10-11,13H,1-7,9,12H2,(H,23,24)(H,25,27). The minimum absolute atomic E-state index is 0.0458. The lowest BCUT2D eigenvalue weighted by Gasteiger charge is -2.33. The smallest absolute Gasteiger partial charge is 0.254 e. The third-order valence-corrected chi connectivity index (χ3v) is 5.57. The number of H-pyrrole nitrogens is 1. The van der Waals surface area contributed by atoms with Crippen LogP contribution in [0.5, 0.6) is 0 Å². The highest BCUT2D eigenvalue weighted by atomic mass is 19.1. The zero-order valence-corrected chi connectivity index (χ0v) is 15.7. The number of amides is 1. The molecule has 0 spiro atoms. The number of halogens is 1. The van der Waals surface area contributed by atoms with Crippen LogP contribution in [0.2, 0.25) is 0 Å². The molecule has 0 aromatic carbocycles. The number of nitrogens with zero attached hydrogens (tertiary/aromatic N) is 3. The molecular formula is C20H24FN5O2. The number of rotatable bonds is 4. The van der Waals surface area contributed by atoms with Gasteiger partial charge in [-0.15, -0.1) is 0 Å². The lowest BCUT2D eigenvalue weighted by atomic mass is 9.91. The van der Waals surface area contributed by atoms with E-state index < -0.39 is 5.95 Å². The minimum atomic E-state index is -0.610. The molecular weight excluding hydrogens is 361 g/mol. The molecule has 1 amide bonds. The van der Waals surface area contributed by atoms with Crippen molar-refractivity contribution in [2.75, 3.05) is 25.0 Å². The van der Waals surface area contributed by atoms with Gasteiger partial charge in [0.25, 0.3) is 5.91 Å². The Labute approximate surface area is 162 Å². The van der Waals surface area contributed by atoms with Gasteiger partial charge in [-0.2, -0.15) is 4.39 Å². The molecule has 1 atom stereocenters. The number of aromatic nitrogens is 3. The molecule has 1 aliphatic carbocycles. The van der Waals surface area contributed by atoms with Gasteiger partial charge in [0.1, 0.15) is 5.82 Å². The van der Waals surface area contributed by atoms with E-state index in [-0.39, 0.29) is 17.4 Å². The first-order chi connectivity index (χ1) is 13.6. The summed E-state index contributed by atoms with van der Waals surface area (Å²) in [6.07, 6.45) is 8.12. The number of hydrogen-bond donors (Lipinski definition) is 2. The first-order valence-electron chi connectivity index (χ1n) is 9.86. The van der Waals surface area contributed by atoms with Crippen molar-refractivity contribution < 1.29 is 9.18 Å². The summed E-state index contributed by atoms with van der Waals surface area (Å²) in [5.41, 5.74) is 2.30. The van der Waals surface area contributed by atoms with Crippen LogP contribution in [0.1, 0.15) is 47.3 Å². The molecule has 8 heteroatoms. The molecule has 1 aliphatic heterocycles. The summed E-state index contributed by atoms with van der Waals surface area (Å²) in [5, 5.41) is 3.17. The maximum Gasteiger partial charge on any atom is 0.254 e. The Balaban J connectivity index is 1.44. The van der Waals surface area contributed by atoms with E-state index in [1.54, 1.807) is 0 Å². The summed E-state index contributed by atoms with van der Waals surface area (Å²) in [4.78, 5) is 37.5. The van der Waals surface area contributed by atoms with Gasteiger partial charge in [0.05, 0.1) is 12.4 Å². The average molecular weight is 385 g/mol. The van der Waals surface area contributed by atoms with Crippen LogP contribution < -0.4 is 10.9 Å². The molecule has 7 nitrogen and oxygen atoms in total. The van der Waals surface area contributed by atoms with Crippen LogP contribution in [0.25, 0.3) is 0 Å². The Morgan fingerprint density at radius 1 is 1.25 bits per heavy atom. The van der Waals surface area contributed by atoms with Gasteiger partial charge in [0.2, 0.25) is 11.5 Å². The summed E-state index contributed by atoms with van der Waals surface area (Å²) < 4.78 is 12.9. The first-order valence-corrected chi connectivity index (χ1v) is 9.86. The Bertz CT molecular complexity index is 912. The molecule has 3 heterocycles. The molecule has 2 aromatic rings. The van der Waals surface area contributed by atoms with Gasteiger partial charge in [-0.3, -0.25) is 9.59 Å². The third kappa shape index (κ3) is 4.05. The van der Waals surface area contributed by atoms with E-state index in [1.807, 2.05) is 4.90 Å². The molecule has 0 saturated carbocycles. The lowest BCUT2D eigenvalue weighted by Crippen LogP contribution is -2.42. The molecule has 1 unspecified atom stereocenters. The normalized spacial score (nSPS) is 19.2. The van der Waals surface area contributed by atoms with Crippen molar-refractivity contribution in [2.24, 2.45) is 5.92 Å². The number of carbonyl (C=O) groups is 1. The molecule has 28 heavy (non-hydrogen) atoms. The fourth-order valence-electron chi connectivity index (χ4n) is 4.17. The zero-order chi connectivity index (χ0) is 19.5. The summed E-state index contributed by atoms with van der Waals surface area (Å²) in [7, 11) is 0. The predicted molar refractivity (Wildman–Crippen MR) is 103 cm³/mol. The number of piperidine rings is 1. The van der Waals surface area contributed by atoms with E-state index in [2.05, 4.69) is 20.3 Å². The van der Waals surface area contributed by atoms with Crippen molar-refractivity contribution in [3.63, 3.8) is 0 Å². The van der Waals surface area contributed by atoms with Crippen LogP contribution in [0.4, 0.5) is 10.2 Å². The number of likely N-dealkylation sites (tertiary alicyclic amines) is 1. The Kier molecular flexibility index (Phi) is 5.36. The molecule has 1 saturated heterocycles. The topological polar surface area (TPSA) is 91.0 Å². The number of nitrogens with one attached hydrogen (secondary N) is 2. The number of hydrogen-bond acceptors (Lipinski definition) is 5. The molecule has 148 valence electrons. The molecule has 0 bridgehead atoms. The Morgan fingerprint density at radius 2 is 2.11 bits per heavy atom. The van der Waals surface area contributed by atoms with Crippen LogP contribution in [0.15, 0.2) is 23.3 Å². The fourth-order valence-corrected chi connectivity index (χ4v) is 4.17. The summed E-state index contributed by atoms with van der Waals surface area (Å²) in [6.45, 7) is 1.97. The SMILES string of the molecule is O=C(c1cc(=O)[nH]c2c1CCCC2)N1CCCC(CNc2cnc(F)cn2)C1. The van der Waals surface area contributed by atoms with E-state index in [4.69, 9.17) is 0 Å². The van der Waals surface area contributed by atoms with Crippen LogP contribution in [-0.4, -0.2) is 45.4 Å². The second-order valence-corrected chi connectivity index (χ2v) is 7.58. The predicted octanol–water partition coefficient (Wildman–Crippen LogP) is 2.15. The van der Waals surface area contributed by atoms with Crippen LogP contribution in [0, 0.1) is 11.9 Å². The number of carbonyl (C=O) groups excluding carboxylic acids is 1. The average Bonchev–Trinajstić information content (AvgIpc) is 2.72. The Morgan fingerprint density at radius 3 is 2.93 bits per heavy atom. The van der Waals surface area contributed by atoms with Crippen LogP contribution >= 0.6 is 0 Å². The van der Waals surface area contributed by atoms with Gasteiger partial charge in [-0.25, -0.2) is 9.97 Å². The van der Waals surface area contributed by atoms with Crippen LogP contribution in [0.3, 0.4) is 0 Å². The third-order valence-electron chi connectivity index (χ3n) is 5.57. The Hall–Kier alpha value is -2.77. The lowest BCUT2D eigenvalue weighted by molar-refractivity contribution is 0.0678. The van der Waals surface area contributed by atoms with Gasteiger partial charge < -0.3 is 15.2 Å². The molecule has 4 rings (SSSR count). The second-order valence-electron chi connectivity index (χ2n) is 7.58. The maximum atomic E-state index is 13.2. The molecule has 1 fully saturated rings. The van der Waals surface area contributed by atoms with Gasteiger partial charge in [-0.05, 0) is 50.0 Å². The maximum absolute atomic E-state index is 13.2.